The van der Waals surface area contributed by atoms with Crippen molar-refractivity contribution in [1.29, 1.82) is 0 Å². The van der Waals surface area contributed by atoms with Gasteiger partial charge in [-0.05, 0) is 0 Å². The van der Waals surface area contributed by atoms with E-state index in [1.54, 1.807) is 0 Å². The Morgan fingerprint density at radius 1 is 0.385 bits per heavy atom. The minimum Gasteiger partial charge on any atom is -0.344 e. The van der Waals surface area contributed by atoms with E-state index in [1.165, 1.54) is 0 Å². The van der Waals surface area contributed by atoms with Crippen LogP contribution in [-0.2, 0) is 20.4 Å². The zero-order chi connectivity index (χ0) is 8.00. The second-order valence-corrected chi connectivity index (χ2v) is 0. The fraction of sp³-hybridized carbons (Fsp3) is 1.00. The van der Waals surface area contributed by atoms with Crippen LogP contribution in [0.4, 0.5) is 0 Å². The number of rotatable bonds is 0. The van der Waals surface area contributed by atoms with E-state index < -0.39 is 0 Å². The maximum Gasteiger partial charge on any atom is 0 e. The van der Waals surface area contributed by atoms with Crippen LogP contribution < -0.4 is 18.5 Å². The monoisotopic (exact) mass is 293 g/mol. The average Bonchev–Trinajstić information content (AvgIpc) is 2.03. The summed E-state index contributed by atoms with van der Waals surface area (Å²) in [4.78, 5) is 0. The zero-order valence-electron chi connectivity index (χ0n) is 10.4. The zero-order valence-corrected chi connectivity index (χ0v) is 12.0. The molecule has 0 spiro atoms. The van der Waals surface area contributed by atoms with Crippen molar-refractivity contribution in [3.05, 3.63) is 0 Å². The molecule has 0 aromatic heterocycles. The SMILES string of the molecule is C.CC.CC.CC.CC.N.N.N.[Pd]. The third-order valence-corrected chi connectivity index (χ3v) is 0. The summed E-state index contributed by atoms with van der Waals surface area (Å²) in [6, 6.07) is 0. The average molecular weight is 294 g/mol. The molecule has 0 radical (unpaired) electrons. The predicted octanol–water partition coefficient (Wildman–Crippen LogP) is 5.22. The second kappa shape index (κ2) is 5680. The summed E-state index contributed by atoms with van der Waals surface area (Å²) >= 11 is 0. The Hall–Kier alpha value is 0.542. The van der Waals surface area contributed by atoms with E-state index in [0.29, 0.717) is 0 Å². The second-order valence-electron chi connectivity index (χ2n) is 0. The van der Waals surface area contributed by atoms with Gasteiger partial charge in [0.15, 0.2) is 0 Å². The Labute approximate surface area is 102 Å². The number of hydrogen-bond donors (Lipinski definition) is 3. The molecule has 0 saturated carbocycles. The minimum absolute atomic E-state index is 0. The van der Waals surface area contributed by atoms with E-state index in [4.69, 9.17) is 0 Å². The predicted molar refractivity (Wildman–Crippen MR) is 67.2 cm³/mol. The molecule has 0 saturated heterocycles. The van der Waals surface area contributed by atoms with Crippen LogP contribution in [0.3, 0.4) is 0 Å². The van der Waals surface area contributed by atoms with Crippen molar-refractivity contribution < 1.29 is 20.4 Å². The minimum atomic E-state index is 0. The Morgan fingerprint density at radius 2 is 0.385 bits per heavy atom. The van der Waals surface area contributed by atoms with Gasteiger partial charge in [0.25, 0.3) is 0 Å². The van der Waals surface area contributed by atoms with Gasteiger partial charge < -0.3 is 18.5 Å². The van der Waals surface area contributed by atoms with Gasteiger partial charge in [-0.15, -0.1) is 0 Å². The third kappa shape index (κ3) is 4740. The van der Waals surface area contributed by atoms with E-state index in [2.05, 4.69) is 0 Å². The van der Waals surface area contributed by atoms with E-state index in [-0.39, 0.29) is 46.3 Å². The Bertz CT molecular complexity index is 14.8. The van der Waals surface area contributed by atoms with Gasteiger partial charge >= 0.3 is 0 Å². The molecule has 4 heteroatoms. The molecule has 0 bridgehead atoms. The van der Waals surface area contributed by atoms with E-state index >= 15 is 0 Å². The molecule has 0 aromatic rings. The molecule has 0 atom stereocenters. The van der Waals surface area contributed by atoms with Gasteiger partial charge in [0, 0.05) is 20.4 Å². The van der Waals surface area contributed by atoms with Crippen LogP contribution in [0.1, 0.15) is 62.8 Å². The van der Waals surface area contributed by atoms with Crippen LogP contribution >= 0.6 is 0 Å². The fourth-order valence-electron chi connectivity index (χ4n) is 0. The smallest absolute Gasteiger partial charge is 0 e. The first-order valence-corrected chi connectivity index (χ1v) is 4.00. The summed E-state index contributed by atoms with van der Waals surface area (Å²) in [6.45, 7) is 16.0. The van der Waals surface area contributed by atoms with Crippen LogP contribution in [0, 0.1) is 0 Å². The molecule has 0 amide bonds. The van der Waals surface area contributed by atoms with Gasteiger partial charge in [-0.1, -0.05) is 62.8 Å². The van der Waals surface area contributed by atoms with Crippen molar-refractivity contribution in [2.45, 2.75) is 62.8 Å². The van der Waals surface area contributed by atoms with Crippen LogP contribution in [0.25, 0.3) is 0 Å². The summed E-state index contributed by atoms with van der Waals surface area (Å²) in [7, 11) is 0. The van der Waals surface area contributed by atoms with E-state index in [9.17, 15) is 0 Å². The molecule has 0 aliphatic carbocycles. The fourth-order valence-corrected chi connectivity index (χ4v) is 0. The van der Waals surface area contributed by atoms with Gasteiger partial charge in [0.2, 0.25) is 0 Å². The Balaban J connectivity index is -0.00000000208. The van der Waals surface area contributed by atoms with Crippen molar-refractivity contribution in [3.63, 3.8) is 0 Å². The van der Waals surface area contributed by atoms with Gasteiger partial charge in [-0.3, -0.25) is 0 Å². The van der Waals surface area contributed by atoms with Crippen molar-refractivity contribution in [2.24, 2.45) is 0 Å². The van der Waals surface area contributed by atoms with Gasteiger partial charge in [0.05, 0.1) is 0 Å². The van der Waals surface area contributed by atoms with Crippen molar-refractivity contribution in [3.8, 4) is 0 Å². The van der Waals surface area contributed by atoms with Crippen LogP contribution in [0.5, 0.6) is 0 Å². The van der Waals surface area contributed by atoms with Crippen LogP contribution in [0.15, 0.2) is 0 Å². The number of hydrogen-bond acceptors (Lipinski definition) is 3. The van der Waals surface area contributed by atoms with Crippen LogP contribution in [-0.4, -0.2) is 0 Å². The van der Waals surface area contributed by atoms with Crippen molar-refractivity contribution >= 4 is 0 Å². The summed E-state index contributed by atoms with van der Waals surface area (Å²) in [6.07, 6.45) is 0. The molecule has 0 unspecified atom stereocenters. The molecule has 3 nitrogen and oxygen atoms in total. The molecule has 0 aromatic carbocycles. The van der Waals surface area contributed by atoms with Crippen molar-refractivity contribution in [2.75, 3.05) is 0 Å². The molecule has 0 aliphatic heterocycles. The molecule has 13 heavy (non-hydrogen) atoms. The molecule has 98 valence electrons. The summed E-state index contributed by atoms with van der Waals surface area (Å²) < 4.78 is 0. The Kier molecular flexibility index (Phi) is 45100. The molecular formula is C9H37N3Pd. The summed E-state index contributed by atoms with van der Waals surface area (Å²) in [5, 5.41) is 0. The standard InChI is InChI=1S/4C2H6.CH4.3H3N.Pd/c4*1-2;;;;;/h4*1-2H3;1H4;3*1H3;. The van der Waals surface area contributed by atoms with E-state index in [0.717, 1.165) is 0 Å². The first kappa shape index (κ1) is 103. The largest absolute Gasteiger partial charge is 0.344 e. The quantitative estimate of drug-likeness (QED) is 0.533. The normalized spacial score (nSPS) is 1.85. The molecular weight excluding hydrogens is 257 g/mol. The van der Waals surface area contributed by atoms with Gasteiger partial charge in [0.1, 0.15) is 0 Å². The molecule has 0 aliphatic rings. The third-order valence-electron chi connectivity index (χ3n) is 0. The molecule has 0 rings (SSSR count). The maximum absolute atomic E-state index is 2.00. The first-order valence-electron chi connectivity index (χ1n) is 4.00. The van der Waals surface area contributed by atoms with Gasteiger partial charge in [-0.2, -0.15) is 0 Å². The summed E-state index contributed by atoms with van der Waals surface area (Å²) in [5.74, 6) is 0. The topological polar surface area (TPSA) is 105 Å². The molecule has 0 fully saturated rings. The van der Waals surface area contributed by atoms with E-state index in [1.807, 2.05) is 55.4 Å². The summed E-state index contributed by atoms with van der Waals surface area (Å²) in [5.41, 5.74) is 0. The Morgan fingerprint density at radius 3 is 0.385 bits per heavy atom. The van der Waals surface area contributed by atoms with Gasteiger partial charge in [-0.25, -0.2) is 0 Å². The maximum atomic E-state index is 2.00. The molecule has 9 N–H and O–H groups in total. The van der Waals surface area contributed by atoms with Crippen LogP contribution in [0.2, 0.25) is 0 Å². The molecule has 0 heterocycles. The first-order chi connectivity index (χ1) is 4.00. The van der Waals surface area contributed by atoms with Crippen molar-refractivity contribution in [1.82, 2.24) is 18.5 Å².